The maximum Gasteiger partial charge on any atom is -0.0172 e. The lowest BCUT2D eigenvalue weighted by molar-refractivity contribution is 0.863. The Labute approximate surface area is 76.7 Å². The Bertz CT molecular complexity index is 140. The molecular formula is C12H20. The summed E-state index contributed by atoms with van der Waals surface area (Å²) in [5.41, 5.74) is 0. The average Bonchev–Trinajstić information content (AvgIpc) is 2.10. The summed E-state index contributed by atoms with van der Waals surface area (Å²) >= 11 is 0. The van der Waals surface area contributed by atoms with Crippen LogP contribution in [-0.2, 0) is 0 Å². The number of rotatable bonds is 7. The SMILES string of the molecule is C=CCC=CCCCC=CCC. The summed E-state index contributed by atoms with van der Waals surface area (Å²) in [5.74, 6) is 0. The van der Waals surface area contributed by atoms with Crippen molar-refractivity contribution in [2.75, 3.05) is 0 Å². The number of hydrogen-bond donors (Lipinski definition) is 0. The third kappa shape index (κ3) is 9.22. The average molecular weight is 164 g/mol. The molecule has 0 saturated carbocycles. The van der Waals surface area contributed by atoms with Gasteiger partial charge in [-0.25, -0.2) is 0 Å². The van der Waals surface area contributed by atoms with Gasteiger partial charge in [0.1, 0.15) is 0 Å². The van der Waals surface area contributed by atoms with Crippen LogP contribution in [0.5, 0.6) is 0 Å². The van der Waals surface area contributed by atoms with Crippen molar-refractivity contribution in [1.29, 1.82) is 0 Å². The molecule has 0 atom stereocenters. The van der Waals surface area contributed by atoms with Crippen molar-refractivity contribution in [3.63, 3.8) is 0 Å². The zero-order valence-electron chi connectivity index (χ0n) is 8.13. The van der Waals surface area contributed by atoms with Crippen LogP contribution in [0.4, 0.5) is 0 Å². The van der Waals surface area contributed by atoms with Crippen LogP contribution in [0.1, 0.15) is 39.0 Å². The molecule has 0 aromatic heterocycles. The van der Waals surface area contributed by atoms with E-state index in [1.54, 1.807) is 0 Å². The Kier molecular flexibility index (Phi) is 9.56. The molecule has 0 nitrogen and oxygen atoms in total. The van der Waals surface area contributed by atoms with E-state index in [9.17, 15) is 0 Å². The van der Waals surface area contributed by atoms with Gasteiger partial charge in [0.25, 0.3) is 0 Å². The van der Waals surface area contributed by atoms with E-state index in [0.717, 1.165) is 12.8 Å². The largest absolute Gasteiger partial charge is 0.103 e. The van der Waals surface area contributed by atoms with Crippen molar-refractivity contribution in [2.24, 2.45) is 0 Å². The van der Waals surface area contributed by atoms with Gasteiger partial charge in [-0.05, 0) is 32.1 Å². The third-order valence-electron chi connectivity index (χ3n) is 1.61. The van der Waals surface area contributed by atoms with Crippen LogP contribution in [0.25, 0.3) is 0 Å². The molecule has 68 valence electrons. The molecule has 0 amide bonds. The van der Waals surface area contributed by atoms with Crippen molar-refractivity contribution >= 4 is 0 Å². The van der Waals surface area contributed by atoms with Crippen LogP contribution in [-0.4, -0.2) is 0 Å². The molecule has 0 radical (unpaired) electrons. The topological polar surface area (TPSA) is 0 Å². The van der Waals surface area contributed by atoms with Crippen molar-refractivity contribution in [3.05, 3.63) is 37.0 Å². The van der Waals surface area contributed by atoms with Crippen molar-refractivity contribution in [1.82, 2.24) is 0 Å². The van der Waals surface area contributed by atoms with Gasteiger partial charge in [-0.3, -0.25) is 0 Å². The fourth-order valence-corrected chi connectivity index (χ4v) is 0.948. The molecule has 0 heterocycles. The summed E-state index contributed by atoms with van der Waals surface area (Å²) in [6, 6.07) is 0. The van der Waals surface area contributed by atoms with E-state index in [-0.39, 0.29) is 0 Å². The second-order valence-electron chi connectivity index (χ2n) is 2.81. The van der Waals surface area contributed by atoms with Gasteiger partial charge in [0.15, 0.2) is 0 Å². The van der Waals surface area contributed by atoms with Gasteiger partial charge in [0, 0.05) is 0 Å². The standard InChI is InChI=1S/C12H20/c1-3-5-7-9-11-12-10-8-6-4-2/h3,6-9H,1,4-5,10-12H2,2H3. The molecule has 0 unspecified atom stereocenters. The predicted octanol–water partition coefficient (Wildman–Crippen LogP) is 4.26. The van der Waals surface area contributed by atoms with Crippen molar-refractivity contribution < 1.29 is 0 Å². The van der Waals surface area contributed by atoms with Crippen LogP contribution in [0.3, 0.4) is 0 Å². The second kappa shape index (κ2) is 10.2. The minimum Gasteiger partial charge on any atom is -0.103 e. The molecule has 0 aliphatic heterocycles. The monoisotopic (exact) mass is 164 g/mol. The molecule has 0 bridgehead atoms. The summed E-state index contributed by atoms with van der Waals surface area (Å²) in [6.07, 6.45) is 16.7. The number of hydrogen-bond acceptors (Lipinski definition) is 0. The van der Waals surface area contributed by atoms with E-state index in [1.807, 2.05) is 6.08 Å². The molecule has 0 heteroatoms. The smallest absolute Gasteiger partial charge is 0.0172 e. The van der Waals surface area contributed by atoms with E-state index >= 15 is 0 Å². The van der Waals surface area contributed by atoms with Crippen molar-refractivity contribution in [2.45, 2.75) is 39.0 Å². The summed E-state index contributed by atoms with van der Waals surface area (Å²) in [5, 5.41) is 0. The van der Waals surface area contributed by atoms with Crippen LogP contribution < -0.4 is 0 Å². The first-order chi connectivity index (χ1) is 5.91. The lowest BCUT2D eigenvalue weighted by Crippen LogP contribution is -1.69. The molecule has 0 spiro atoms. The van der Waals surface area contributed by atoms with Crippen LogP contribution in [0.2, 0.25) is 0 Å². The van der Waals surface area contributed by atoms with E-state index in [1.165, 1.54) is 19.3 Å². The highest BCUT2D eigenvalue weighted by atomic mass is 13.9. The highest BCUT2D eigenvalue weighted by molar-refractivity contribution is 4.89. The zero-order chi connectivity index (χ0) is 9.07. The van der Waals surface area contributed by atoms with Gasteiger partial charge in [-0.1, -0.05) is 37.3 Å². The molecule has 0 rings (SSSR count). The normalized spacial score (nSPS) is 11.4. The first-order valence-corrected chi connectivity index (χ1v) is 4.82. The van der Waals surface area contributed by atoms with Gasteiger partial charge in [-0.15, -0.1) is 6.58 Å². The second-order valence-corrected chi connectivity index (χ2v) is 2.81. The van der Waals surface area contributed by atoms with E-state index in [0.29, 0.717) is 0 Å². The lowest BCUT2D eigenvalue weighted by Gasteiger charge is -1.89. The van der Waals surface area contributed by atoms with Gasteiger partial charge in [0.2, 0.25) is 0 Å². The molecule has 12 heavy (non-hydrogen) atoms. The van der Waals surface area contributed by atoms with Gasteiger partial charge < -0.3 is 0 Å². The third-order valence-corrected chi connectivity index (χ3v) is 1.61. The van der Waals surface area contributed by atoms with E-state index in [4.69, 9.17) is 0 Å². The molecular weight excluding hydrogens is 144 g/mol. The molecule has 0 aliphatic carbocycles. The first-order valence-electron chi connectivity index (χ1n) is 4.82. The van der Waals surface area contributed by atoms with Crippen LogP contribution in [0, 0.1) is 0 Å². The molecule has 0 saturated heterocycles. The maximum absolute atomic E-state index is 3.66. The fraction of sp³-hybridized carbons (Fsp3) is 0.500. The molecule has 0 N–H and O–H groups in total. The highest BCUT2D eigenvalue weighted by Crippen LogP contribution is 1.99. The van der Waals surface area contributed by atoms with E-state index in [2.05, 4.69) is 37.8 Å². The Balaban J connectivity index is 3.09. The van der Waals surface area contributed by atoms with Gasteiger partial charge in [-0.2, -0.15) is 0 Å². The number of unbranched alkanes of at least 4 members (excludes halogenated alkanes) is 2. The van der Waals surface area contributed by atoms with Gasteiger partial charge in [0.05, 0.1) is 0 Å². The van der Waals surface area contributed by atoms with Crippen LogP contribution in [0.15, 0.2) is 37.0 Å². The number of allylic oxidation sites excluding steroid dienone is 5. The van der Waals surface area contributed by atoms with E-state index < -0.39 is 0 Å². The van der Waals surface area contributed by atoms with Gasteiger partial charge >= 0.3 is 0 Å². The Hall–Kier alpha value is -0.780. The molecule has 0 aromatic rings. The predicted molar refractivity (Wildman–Crippen MR) is 57.2 cm³/mol. The van der Waals surface area contributed by atoms with Crippen molar-refractivity contribution in [3.8, 4) is 0 Å². The Morgan fingerprint density at radius 2 is 1.67 bits per heavy atom. The quantitative estimate of drug-likeness (QED) is 0.389. The summed E-state index contributed by atoms with van der Waals surface area (Å²) in [4.78, 5) is 0. The zero-order valence-corrected chi connectivity index (χ0v) is 8.13. The minimum atomic E-state index is 1.00. The summed E-state index contributed by atoms with van der Waals surface area (Å²) in [7, 11) is 0. The first kappa shape index (κ1) is 11.2. The molecule has 0 aromatic carbocycles. The Morgan fingerprint density at radius 1 is 1.00 bits per heavy atom. The lowest BCUT2D eigenvalue weighted by atomic mass is 10.2. The molecule has 0 fully saturated rings. The Morgan fingerprint density at radius 3 is 2.25 bits per heavy atom. The maximum atomic E-state index is 3.66. The fourth-order valence-electron chi connectivity index (χ4n) is 0.948. The van der Waals surface area contributed by atoms with Crippen LogP contribution >= 0.6 is 0 Å². The summed E-state index contributed by atoms with van der Waals surface area (Å²) in [6.45, 7) is 5.82. The highest BCUT2D eigenvalue weighted by Gasteiger charge is 1.79. The molecule has 0 aliphatic rings. The summed E-state index contributed by atoms with van der Waals surface area (Å²) < 4.78 is 0. The minimum absolute atomic E-state index is 1.00.